The largest absolute Gasteiger partial charge is 0.507 e. The van der Waals surface area contributed by atoms with Gasteiger partial charge < -0.3 is 5.11 Å². The number of hydrogen-bond acceptors (Lipinski definition) is 6. The van der Waals surface area contributed by atoms with Crippen LogP contribution in [0.2, 0.25) is 0 Å². The van der Waals surface area contributed by atoms with Crippen molar-refractivity contribution >= 4 is 17.5 Å². The molecule has 0 radical (unpaired) electrons. The molecule has 2 aromatic heterocycles. The minimum Gasteiger partial charge on any atom is -0.507 e. The third-order valence-electron chi connectivity index (χ3n) is 3.81. The van der Waals surface area contributed by atoms with Crippen LogP contribution in [-0.2, 0) is 0 Å². The average Bonchev–Trinajstić information content (AvgIpc) is 3.10. The molecule has 0 spiro atoms. The minimum absolute atomic E-state index is 0.153. The Balaban J connectivity index is 1.96. The molecule has 2 aromatic carbocycles. The molecule has 0 aliphatic heterocycles. The number of rotatable bonds is 4. The molecule has 126 valence electrons. The Morgan fingerprint density at radius 3 is 2.58 bits per heavy atom. The number of fused-ring (bicyclic) bond motifs is 1. The first-order valence-electron chi connectivity index (χ1n) is 7.87. The molecule has 0 aliphatic rings. The summed E-state index contributed by atoms with van der Waals surface area (Å²) < 4.78 is 1.60. The normalized spacial score (nSPS) is 10.7. The monoisotopic (exact) mass is 359 g/mol. The van der Waals surface area contributed by atoms with Crippen LogP contribution in [0.25, 0.3) is 28.3 Å². The van der Waals surface area contributed by atoms with Gasteiger partial charge in [0, 0.05) is 11.1 Å². The van der Waals surface area contributed by atoms with Crippen molar-refractivity contribution in [3.05, 3.63) is 60.7 Å². The molecule has 0 fully saturated rings. The van der Waals surface area contributed by atoms with E-state index in [2.05, 4.69) is 21.1 Å². The molecule has 6 nitrogen and oxygen atoms in total. The van der Waals surface area contributed by atoms with Crippen molar-refractivity contribution < 1.29 is 5.11 Å². The lowest BCUT2D eigenvalue weighted by Crippen LogP contribution is -1.99. The first kappa shape index (κ1) is 16.1. The first-order chi connectivity index (χ1) is 12.8. The Kier molecular flexibility index (Phi) is 4.25. The summed E-state index contributed by atoms with van der Waals surface area (Å²) >= 11 is 1.25. The highest BCUT2D eigenvalue weighted by Crippen LogP contribution is 2.31. The van der Waals surface area contributed by atoms with Gasteiger partial charge in [-0.2, -0.15) is 14.8 Å². The number of hydrogen-bond donors (Lipinski definition) is 1. The van der Waals surface area contributed by atoms with Gasteiger partial charge in [0.05, 0.1) is 23.2 Å². The zero-order valence-corrected chi connectivity index (χ0v) is 14.4. The fraction of sp³-hybridized carbons (Fsp3) is 0.0526. The second-order valence-electron chi connectivity index (χ2n) is 5.46. The van der Waals surface area contributed by atoms with E-state index < -0.39 is 0 Å². The summed E-state index contributed by atoms with van der Waals surface area (Å²) in [6.45, 7) is 0. The van der Waals surface area contributed by atoms with Gasteiger partial charge in [-0.25, -0.2) is 4.98 Å². The molecule has 7 heteroatoms. The quantitative estimate of drug-likeness (QED) is 0.558. The number of benzene rings is 2. The Labute approximate surface area is 153 Å². The molecule has 0 unspecified atom stereocenters. The zero-order chi connectivity index (χ0) is 17.9. The molecule has 0 aliphatic carbocycles. The molecule has 4 aromatic rings. The molecule has 0 bridgehead atoms. The number of nitriles is 1. The lowest BCUT2D eigenvalue weighted by molar-refractivity contribution is 0.477. The molecular weight excluding hydrogens is 346 g/mol. The van der Waals surface area contributed by atoms with Crippen molar-refractivity contribution in [1.82, 2.24) is 19.6 Å². The van der Waals surface area contributed by atoms with Crippen LogP contribution in [0.3, 0.4) is 0 Å². The number of thioether (sulfide) groups is 1. The molecule has 26 heavy (non-hydrogen) atoms. The van der Waals surface area contributed by atoms with Gasteiger partial charge in [0.15, 0.2) is 0 Å². The van der Waals surface area contributed by atoms with Crippen molar-refractivity contribution in [1.29, 1.82) is 5.26 Å². The van der Waals surface area contributed by atoms with Gasteiger partial charge in [0.2, 0.25) is 5.16 Å². The van der Waals surface area contributed by atoms with Gasteiger partial charge in [-0.05, 0) is 18.2 Å². The van der Waals surface area contributed by atoms with Crippen LogP contribution in [0.4, 0.5) is 0 Å². The predicted octanol–water partition coefficient (Wildman–Crippen LogP) is 3.78. The van der Waals surface area contributed by atoms with Gasteiger partial charge >= 0.3 is 0 Å². The summed E-state index contributed by atoms with van der Waals surface area (Å²) in [6.07, 6.45) is 0. The highest BCUT2D eigenvalue weighted by molar-refractivity contribution is 7.99. The van der Waals surface area contributed by atoms with Gasteiger partial charge in [0.1, 0.15) is 5.75 Å². The van der Waals surface area contributed by atoms with Gasteiger partial charge in [-0.15, -0.1) is 5.10 Å². The van der Waals surface area contributed by atoms with Crippen molar-refractivity contribution in [3.63, 3.8) is 0 Å². The van der Waals surface area contributed by atoms with Crippen LogP contribution >= 0.6 is 11.8 Å². The predicted molar refractivity (Wildman–Crippen MR) is 99.7 cm³/mol. The van der Waals surface area contributed by atoms with Gasteiger partial charge in [0.25, 0.3) is 5.78 Å². The van der Waals surface area contributed by atoms with Crippen molar-refractivity contribution in [3.8, 4) is 34.3 Å². The molecule has 0 amide bonds. The van der Waals surface area contributed by atoms with E-state index in [0.29, 0.717) is 22.2 Å². The Morgan fingerprint density at radius 1 is 1.04 bits per heavy atom. The van der Waals surface area contributed by atoms with E-state index in [1.165, 1.54) is 11.8 Å². The second kappa shape index (κ2) is 6.86. The molecule has 4 rings (SSSR count). The standard InChI is InChI=1S/C19H13N5OS/c20-10-11-26-19-22-18-21-15(13-6-2-1-3-7-13)12-16(24(18)23-19)14-8-4-5-9-17(14)25/h1-9,12,25H,11H2. The number of aromatic hydroxyl groups is 1. The van der Waals surface area contributed by atoms with Crippen molar-refractivity contribution in [2.75, 3.05) is 5.75 Å². The summed E-state index contributed by atoms with van der Waals surface area (Å²) in [4.78, 5) is 9.02. The Hall–Kier alpha value is -3.37. The van der Waals surface area contributed by atoms with Crippen molar-refractivity contribution in [2.45, 2.75) is 5.16 Å². The van der Waals surface area contributed by atoms with E-state index in [1.807, 2.05) is 48.5 Å². The van der Waals surface area contributed by atoms with Crippen LogP contribution < -0.4 is 0 Å². The molecular formula is C19H13N5OS. The van der Waals surface area contributed by atoms with Crippen LogP contribution in [0.1, 0.15) is 0 Å². The van der Waals surface area contributed by atoms with Crippen LogP contribution in [0.5, 0.6) is 5.75 Å². The van der Waals surface area contributed by atoms with Crippen LogP contribution in [0.15, 0.2) is 65.8 Å². The fourth-order valence-corrected chi connectivity index (χ4v) is 3.13. The third-order valence-corrected chi connectivity index (χ3v) is 4.51. The third kappa shape index (κ3) is 2.98. The summed E-state index contributed by atoms with van der Waals surface area (Å²) in [6, 6.07) is 20.8. The molecule has 0 saturated heterocycles. The topological polar surface area (TPSA) is 87.1 Å². The Bertz CT molecular complexity index is 1120. The summed E-state index contributed by atoms with van der Waals surface area (Å²) in [7, 11) is 0. The Morgan fingerprint density at radius 2 is 1.81 bits per heavy atom. The lowest BCUT2D eigenvalue weighted by atomic mass is 10.1. The highest BCUT2D eigenvalue weighted by atomic mass is 32.2. The molecule has 0 atom stereocenters. The smallest absolute Gasteiger partial charge is 0.254 e. The average molecular weight is 359 g/mol. The number of phenols is 1. The highest BCUT2D eigenvalue weighted by Gasteiger charge is 2.16. The van der Waals surface area contributed by atoms with E-state index in [4.69, 9.17) is 5.26 Å². The van der Waals surface area contributed by atoms with Gasteiger partial charge in [-0.1, -0.05) is 54.2 Å². The summed E-state index contributed by atoms with van der Waals surface area (Å²) in [5, 5.41) is 24.0. The first-order valence-corrected chi connectivity index (χ1v) is 8.86. The van der Waals surface area contributed by atoms with Crippen molar-refractivity contribution in [2.24, 2.45) is 0 Å². The second-order valence-corrected chi connectivity index (χ2v) is 6.41. The van der Waals surface area contributed by atoms with E-state index in [9.17, 15) is 5.11 Å². The lowest BCUT2D eigenvalue weighted by Gasteiger charge is -2.09. The van der Waals surface area contributed by atoms with E-state index >= 15 is 0 Å². The maximum Gasteiger partial charge on any atom is 0.254 e. The molecule has 2 heterocycles. The molecule has 1 N–H and O–H groups in total. The fourth-order valence-electron chi connectivity index (χ4n) is 2.65. The summed E-state index contributed by atoms with van der Waals surface area (Å²) in [5.41, 5.74) is 3.00. The summed E-state index contributed by atoms with van der Waals surface area (Å²) in [5.74, 6) is 0.833. The number of para-hydroxylation sites is 1. The van der Waals surface area contributed by atoms with E-state index in [1.54, 1.807) is 16.6 Å². The maximum absolute atomic E-state index is 10.3. The SMILES string of the molecule is N#CCSc1nc2nc(-c3ccccc3)cc(-c3ccccc3O)n2n1. The number of aromatic nitrogens is 4. The van der Waals surface area contributed by atoms with E-state index in [-0.39, 0.29) is 11.5 Å². The van der Waals surface area contributed by atoms with Gasteiger partial charge in [-0.3, -0.25) is 0 Å². The van der Waals surface area contributed by atoms with Crippen LogP contribution in [0, 0.1) is 11.3 Å². The minimum atomic E-state index is 0.153. The number of phenolic OH excluding ortho intramolecular Hbond substituents is 1. The number of nitrogens with zero attached hydrogens (tertiary/aromatic N) is 5. The van der Waals surface area contributed by atoms with Crippen LogP contribution in [-0.4, -0.2) is 30.4 Å². The maximum atomic E-state index is 10.3. The van der Waals surface area contributed by atoms with E-state index in [0.717, 1.165) is 11.3 Å². The molecule has 0 saturated carbocycles. The zero-order valence-electron chi connectivity index (χ0n) is 13.6.